The van der Waals surface area contributed by atoms with Crippen LogP contribution in [0.1, 0.15) is 10.4 Å². The molecule has 2 amide bonds. The molecule has 1 aliphatic rings. The van der Waals surface area contributed by atoms with Gasteiger partial charge in [-0.15, -0.1) is 11.6 Å². The number of alkyl halides is 1. The fourth-order valence-corrected chi connectivity index (χ4v) is 2.35. The monoisotopic (exact) mass is 296 g/mol. The number of amides is 2. The minimum absolute atomic E-state index is 0.0101. The Morgan fingerprint density at radius 3 is 2.45 bits per heavy atom. The first-order valence-corrected chi connectivity index (χ1v) is 6.96. The maximum Gasteiger partial charge on any atom is 0.254 e. The summed E-state index contributed by atoms with van der Waals surface area (Å²) >= 11 is 5.53. The lowest BCUT2D eigenvalue weighted by Gasteiger charge is -2.34. The summed E-state index contributed by atoms with van der Waals surface area (Å²) in [7, 11) is 1.57. The van der Waals surface area contributed by atoms with Crippen molar-refractivity contribution in [1.82, 2.24) is 9.80 Å². The Kier molecular flexibility index (Phi) is 4.84. The summed E-state index contributed by atoms with van der Waals surface area (Å²) in [5, 5.41) is 0. The molecule has 0 aliphatic carbocycles. The zero-order chi connectivity index (χ0) is 14.5. The minimum atomic E-state index is -0.0832. The van der Waals surface area contributed by atoms with Gasteiger partial charge in [0.15, 0.2) is 0 Å². The maximum absolute atomic E-state index is 12.4. The normalized spacial score (nSPS) is 15.1. The Morgan fingerprint density at radius 1 is 1.20 bits per heavy atom. The molecule has 0 N–H and O–H groups in total. The third-order valence-corrected chi connectivity index (χ3v) is 3.58. The molecule has 20 heavy (non-hydrogen) atoms. The lowest BCUT2D eigenvalue weighted by atomic mass is 10.1. The molecule has 0 saturated carbocycles. The predicted octanol–water partition coefficient (Wildman–Crippen LogP) is 1.22. The molecule has 1 aromatic carbocycles. The van der Waals surface area contributed by atoms with Gasteiger partial charge >= 0.3 is 0 Å². The first-order valence-electron chi connectivity index (χ1n) is 6.42. The first-order chi connectivity index (χ1) is 9.65. The molecule has 0 unspecified atom stereocenters. The Hall–Kier alpha value is -1.75. The Balaban J connectivity index is 1.99. The predicted molar refractivity (Wildman–Crippen MR) is 76.2 cm³/mol. The van der Waals surface area contributed by atoms with Crippen molar-refractivity contribution >= 4 is 23.4 Å². The van der Waals surface area contributed by atoms with Crippen molar-refractivity contribution in [3.05, 3.63) is 29.8 Å². The molecule has 0 spiro atoms. The fourth-order valence-electron chi connectivity index (χ4n) is 2.18. The molecule has 0 radical (unpaired) electrons. The van der Waals surface area contributed by atoms with Crippen LogP contribution in [0.3, 0.4) is 0 Å². The molecular formula is C14H17ClN2O3. The van der Waals surface area contributed by atoms with Crippen LogP contribution in [0, 0.1) is 0 Å². The van der Waals surface area contributed by atoms with Gasteiger partial charge in [-0.2, -0.15) is 0 Å². The summed E-state index contributed by atoms with van der Waals surface area (Å²) in [5.41, 5.74) is 0.599. The summed E-state index contributed by atoms with van der Waals surface area (Å²) in [4.78, 5) is 27.3. The Morgan fingerprint density at radius 2 is 1.85 bits per heavy atom. The Bertz CT molecular complexity index is 499. The molecule has 0 atom stereocenters. The molecule has 1 fully saturated rings. The van der Waals surface area contributed by atoms with E-state index in [4.69, 9.17) is 16.3 Å². The lowest BCUT2D eigenvalue weighted by molar-refractivity contribution is -0.129. The van der Waals surface area contributed by atoms with E-state index in [9.17, 15) is 9.59 Å². The third-order valence-electron chi connectivity index (χ3n) is 3.35. The van der Waals surface area contributed by atoms with Crippen molar-refractivity contribution in [3.8, 4) is 5.75 Å². The van der Waals surface area contributed by atoms with E-state index in [0.29, 0.717) is 37.5 Å². The number of ether oxygens (including phenoxy) is 1. The lowest BCUT2D eigenvalue weighted by Crippen LogP contribution is -2.50. The highest BCUT2D eigenvalue weighted by atomic mass is 35.5. The molecule has 1 aromatic rings. The van der Waals surface area contributed by atoms with Crippen LogP contribution in [0.2, 0.25) is 0 Å². The van der Waals surface area contributed by atoms with Crippen LogP contribution < -0.4 is 4.74 Å². The zero-order valence-electron chi connectivity index (χ0n) is 11.3. The number of hydrogen-bond acceptors (Lipinski definition) is 3. The van der Waals surface area contributed by atoms with E-state index in [1.807, 2.05) is 0 Å². The van der Waals surface area contributed by atoms with Gasteiger partial charge in [-0.1, -0.05) is 6.07 Å². The summed E-state index contributed by atoms with van der Waals surface area (Å²) in [6, 6.07) is 7.08. The molecule has 1 heterocycles. The second kappa shape index (κ2) is 6.61. The van der Waals surface area contributed by atoms with Crippen LogP contribution >= 0.6 is 11.6 Å². The highest BCUT2D eigenvalue weighted by Gasteiger charge is 2.24. The fraction of sp³-hybridized carbons (Fsp3) is 0.429. The topological polar surface area (TPSA) is 49.9 Å². The van der Waals surface area contributed by atoms with Crippen LogP contribution in [0.5, 0.6) is 5.75 Å². The van der Waals surface area contributed by atoms with Gasteiger partial charge in [-0.3, -0.25) is 9.59 Å². The third kappa shape index (κ3) is 3.22. The summed E-state index contributed by atoms with van der Waals surface area (Å²) in [6.45, 7) is 2.11. The summed E-state index contributed by atoms with van der Waals surface area (Å²) in [6.07, 6.45) is 0. The second-order valence-electron chi connectivity index (χ2n) is 4.54. The molecule has 6 heteroatoms. The van der Waals surface area contributed by atoms with Crippen molar-refractivity contribution in [2.75, 3.05) is 39.2 Å². The maximum atomic E-state index is 12.4. The van der Waals surface area contributed by atoms with Crippen LogP contribution in [-0.4, -0.2) is 60.8 Å². The van der Waals surface area contributed by atoms with Gasteiger partial charge in [-0.25, -0.2) is 0 Å². The van der Waals surface area contributed by atoms with Crippen LogP contribution in [0.25, 0.3) is 0 Å². The van der Waals surface area contributed by atoms with Crippen LogP contribution in [0.4, 0.5) is 0 Å². The summed E-state index contributed by atoms with van der Waals surface area (Å²) in [5.74, 6) is 0.526. The molecule has 1 aliphatic heterocycles. The van der Waals surface area contributed by atoms with E-state index in [1.54, 1.807) is 41.2 Å². The van der Waals surface area contributed by atoms with Crippen LogP contribution in [-0.2, 0) is 4.79 Å². The van der Waals surface area contributed by atoms with E-state index in [1.165, 1.54) is 0 Å². The summed E-state index contributed by atoms with van der Waals surface area (Å²) < 4.78 is 5.12. The van der Waals surface area contributed by atoms with E-state index in [0.717, 1.165) is 0 Å². The van der Waals surface area contributed by atoms with E-state index < -0.39 is 0 Å². The van der Waals surface area contributed by atoms with Gasteiger partial charge < -0.3 is 14.5 Å². The number of nitrogens with zero attached hydrogens (tertiary/aromatic N) is 2. The number of piperazine rings is 1. The second-order valence-corrected chi connectivity index (χ2v) is 4.81. The van der Waals surface area contributed by atoms with Gasteiger partial charge in [0.1, 0.15) is 11.6 Å². The molecule has 2 rings (SSSR count). The van der Waals surface area contributed by atoms with Gasteiger partial charge in [0.25, 0.3) is 5.91 Å². The SMILES string of the molecule is COc1cccc(C(=O)N2CCN(C(=O)CCl)CC2)c1. The van der Waals surface area contributed by atoms with Crippen molar-refractivity contribution in [1.29, 1.82) is 0 Å². The molecule has 1 saturated heterocycles. The van der Waals surface area contributed by atoms with E-state index in [-0.39, 0.29) is 17.7 Å². The van der Waals surface area contributed by atoms with Crippen molar-refractivity contribution in [2.45, 2.75) is 0 Å². The van der Waals surface area contributed by atoms with E-state index >= 15 is 0 Å². The zero-order valence-corrected chi connectivity index (χ0v) is 12.1. The largest absolute Gasteiger partial charge is 0.497 e. The average Bonchev–Trinajstić information content (AvgIpc) is 2.53. The molecule has 108 valence electrons. The number of hydrogen-bond donors (Lipinski definition) is 0. The van der Waals surface area contributed by atoms with Crippen LogP contribution in [0.15, 0.2) is 24.3 Å². The molecular weight excluding hydrogens is 280 g/mol. The Labute approximate surface area is 123 Å². The average molecular weight is 297 g/mol. The van der Waals surface area contributed by atoms with Gasteiger partial charge in [0.05, 0.1) is 7.11 Å². The number of rotatable bonds is 3. The van der Waals surface area contributed by atoms with Gasteiger partial charge in [0, 0.05) is 31.7 Å². The minimum Gasteiger partial charge on any atom is -0.497 e. The van der Waals surface area contributed by atoms with Crippen molar-refractivity contribution < 1.29 is 14.3 Å². The number of halogens is 1. The number of methoxy groups -OCH3 is 1. The highest BCUT2D eigenvalue weighted by Crippen LogP contribution is 2.15. The molecule has 5 nitrogen and oxygen atoms in total. The first kappa shape index (κ1) is 14.7. The number of benzene rings is 1. The number of carbonyl (C=O) groups is 2. The highest BCUT2D eigenvalue weighted by molar-refractivity contribution is 6.27. The molecule has 0 bridgehead atoms. The van der Waals surface area contributed by atoms with Gasteiger partial charge in [0.2, 0.25) is 5.91 Å². The smallest absolute Gasteiger partial charge is 0.254 e. The van der Waals surface area contributed by atoms with Crippen molar-refractivity contribution in [2.24, 2.45) is 0 Å². The van der Waals surface area contributed by atoms with Crippen molar-refractivity contribution in [3.63, 3.8) is 0 Å². The molecule has 0 aromatic heterocycles. The standard InChI is InChI=1S/C14H17ClN2O3/c1-20-12-4-2-3-11(9-12)14(19)17-7-5-16(6-8-17)13(18)10-15/h2-4,9H,5-8,10H2,1H3. The van der Waals surface area contributed by atoms with E-state index in [2.05, 4.69) is 0 Å². The quantitative estimate of drug-likeness (QED) is 0.788. The number of carbonyl (C=O) groups excluding carboxylic acids is 2. The van der Waals surface area contributed by atoms with Gasteiger partial charge in [-0.05, 0) is 18.2 Å².